The van der Waals surface area contributed by atoms with E-state index < -0.39 is 0 Å². The molecule has 0 fully saturated rings. The third-order valence-corrected chi connectivity index (χ3v) is 6.73. The van der Waals surface area contributed by atoms with Crippen LogP contribution >= 0.6 is 23.1 Å². The fourth-order valence-corrected chi connectivity index (χ4v) is 5.23. The molecule has 0 saturated carbocycles. The topological polar surface area (TPSA) is 52.8 Å². The van der Waals surface area contributed by atoms with E-state index in [1.54, 1.807) is 14.2 Å². The van der Waals surface area contributed by atoms with Crippen molar-refractivity contribution in [3.05, 3.63) is 52.8 Å². The highest BCUT2D eigenvalue weighted by Crippen LogP contribution is 2.35. The van der Waals surface area contributed by atoms with E-state index in [2.05, 4.69) is 29.3 Å². The standard InChI is InChI=1S/C22H26N2O3S2/c1-4-24-20-17(26-2)12-13-18(27-3)21(20)29-22(24)23-19(25)11-8-14-28-15-16-9-6-5-7-10-16/h5-7,9-10,12-13H,4,8,11,14-15H2,1-3H3. The Balaban J connectivity index is 1.69. The molecular weight excluding hydrogens is 404 g/mol. The largest absolute Gasteiger partial charge is 0.495 e. The van der Waals surface area contributed by atoms with Gasteiger partial charge in [-0.2, -0.15) is 16.8 Å². The molecule has 0 aliphatic heterocycles. The van der Waals surface area contributed by atoms with Gasteiger partial charge in [-0.25, -0.2) is 0 Å². The van der Waals surface area contributed by atoms with Gasteiger partial charge in [0.2, 0.25) is 5.91 Å². The van der Waals surface area contributed by atoms with E-state index in [1.807, 2.05) is 41.5 Å². The molecule has 0 aliphatic carbocycles. The fourth-order valence-electron chi connectivity index (χ4n) is 3.09. The van der Waals surface area contributed by atoms with Crippen LogP contribution in [0.25, 0.3) is 10.2 Å². The minimum atomic E-state index is -0.0861. The third-order valence-electron chi connectivity index (χ3n) is 4.52. The van der Waals surface area contributed by atoms with Crippen LogP contribution in [0.15, 0.2) is 47.5 Å². The summed E-state index contributed by atoms with van der Waals surface area (Å²) < 4.78 is 14.0. The van der Waals surface area contributed by atoms with Crippen LogP contribution in [0.1, 0.15) is 25.3 Å². The number of carbonyl (C=O) groups excluding carboxylic acids is 1. The molecule has 5 nitrogen and oxygen atoms in total. The maximum atomic E-state index is 12.5. The summed E-state index contributed by atoms with van der Waals surface area (Å²) in [5.41, 5.74) is 2.23. The van der Waals surface area contributed by atoms with Gasteiger partial charge in [-0.15, -0.1) is 0 Å². The number of benzene rings is 2. The summed E-state index contributed by atoms with van der Waals surface area (Å²) in [6.07, 6.45) is 1.28. The van der Waals surface area contributed by atoms with Gasteiger partial charge in [0, 0.05) is 18.7 Å². The summed E-state index contributed by atoms with van der Waals surface area (Å²) in [6, 6.07) is 14.1. The van der Waals surface area contributed by atoms with Crippen LogP contribution in [-0.2, 0) is 17.1 Å². The van der Waals surface area contributed by atoms with Crippen molar-refractivity contribution in [3.63, 3.8) is 0 Å². The smallest absolute Gasteiger partial charge is 0.248 e. The number of rotatable bonds is 9. The molecule has 3 aromatic rings. The van der Waals surface area contributed by atoms with E-state index in [-0.39, 0.29) is 5.91 Å². The molecule has 0 radical (unpaired) electrons. The molecule has 1 amide bonds. The highest BCUT2D eigenvalue weighted by atomic mass is 32.2. The molecule has 0 spiro atoms. The van der Waals surface area contributed by atoms with E-state index in [0.717, 1.165) is 39.6 Å². The number of amides is 1. The Hall–Kier alpha value is -2.25. The van der Waals surface area contributed by atoms with Crippen molar-refractivity contribution < 1.29 is 14.3 Å². The summed E-state index contributed by atoms with van der Waals surface area (Å²) in [5, 5.41) is 0. The molecule has 0 unspecified atom stereocenters. The highest BCUT2D eigenvalue weighted by Gasteiger charge is 2.15. The molecule has 3 rings (SSSR count). The first-order chi connectivity index (χ1) is 14.2. The zero-order chi connectivity index (χ0) is 20.6. The average Bonchev–Trinajstić information content (AvgIpc) is 3.11. The summed E-state index contributed by atoms with van der Waals surface area (Å²) >= 11 is 3.31. The van der Waals surface area contributed by atoms with Gasteiger partial charge in [-0.1, -0.05) is 41.7 Å². The fraction of sp³-hybridized carbons (Fsp3) is 0.364. The minimum Gasteiger partial charge on any atom is -0.495 e. The SMILES string of the molecule is CCn1c(=NC(=O)CCCSCc2ccccc2)sc2c(OC)ccc(OC)c21. The molecule has 154 valence electrons. The normalized spacial score (nSPS) is 11.8. The first-order valence-electron chi connectivity index (χ1n) is 9.61. The van der Waals surface area contributed by atoms with Gasteiger partial charge in [0.15, 0.2) is 4.80 Å². The lowest BCUT2D eigenvalue weighted by Crippen LogP contribution is -2.16. The molecule has 1 heterocycles. The van der Waals surface area contributed by atoms with Crippen LogP contribution in [0.4, 0.5) is 0 Å². The zero-order valence-corrected chi connectivity index (χ0v) is 18.6. The minimum absolute atomic E-state index is 0.0861. The molecule has 0 N–H and O–H groups in total. The monoisotopic (exact) mass is 430 g/mol. The molecule has 0 bridgehead atoms. The number of hydrogen-bond donors (Lipinski definition) is 0. The molecule has 7 heteroatoms. The molecule has 0 saturated heterocycles. The lowest BCUT2D eigenvalue weighted by Gasteiger charge is -2.08. The Morgan fingerprint density at radius 2 is 1.83 bits per heavy atom. The summed E-state index contributed by atoms with van der Waals surface area (Å²) in [4.78, 5) is 17.5. The zero-order valence-electron chi connectivity index (χ0n) is 17.0. The van der Waals surface area contributed by atoms with Crippen LogP contribution in [-0.4, -0.2) is 30.4 Å². The van der Waals surface area contributed by atoms with Gasteiger partial charge in [0.1, 0.15) is 21.7 Å². The van der Waals surface area contributed by atoms with Crippen LogP contribution in [0, 0.1) is 0 Å². The van der Waals surface area contributed by atoms with Gasteiger partial charge >= 0.3 is 0 Å². The van der Waals surface area contributed by atoms with Gasteiger partial charge < -0.3 is 14.0 Å². The Morgan fingerprint density at radius 3 is 2.52 bits per heavy atom. The molecule has 29 heavy (non-hydrogen) atoms. The predicted octanol–water partition coefficient (Wildman–Crippen LogP) is 4.88. The maximum Gasteiger partial charge on any atom is 0.248 e. The van der Waals surface area contributed by atoms with Crippen molar-refractivity contribution in [1.82, 2.24) is 4.57 Å². The number of aromatic nitrogens is 1. The van der Waals surface area contributed by atoms with Crippen molar-refractivity contribution in [1.29, 1.82) is 0 Å². The van der Waals surface area contributed by atoms with Crippen LogP contribution in [0.2, 0.25) is 0 Å². The molecule has 1 aromatic heterocycles. The Morgan fingerprint density at radius 1 is 1.10 bits per heavy atom. The second-order valence-corrected chi connectivity index (χ2v) is 8.51. The number of carbonyl (C=O) groups is 1. The number of methoxy groups -OCH3 is 2. The Kier molecular flexibility index (Phi) is 7.77. The van der Waals surface area contributed by atoms with Gasteiger partial charge in [-0.3, -0.25) is 4.79 Å². The highest BCUT2D eigenvalue weighted by molar-refractivity contribution is 7.98. The molecule has 2 aromatic carbocycles. The molecule has 0 atom stereocenters. The summed E-state index contributed by atoms with van der Waals surface area (Å²) in [5.74, 6) is 3.34. The lowest BCUT2D eigenvalue weighted by atomic mass is 10.2. The van der Waals surface area contributed by atoms with Gasteiger partial charge in [0.05, 0.1) is 14.2 Å². The Labute approximate surface area is 179 Å². The summed E-state index contributed by atoms with van der Waals surface area (Å²) in [7, 11) is 3.29. The number of thioether (sulfide) groups is 1. The average molecular weight is 431 g/mol. The third kappa shape index (κ3) is 5.22. The van der Waals surface area contributed by atoms with Crippen molar-refractivity contribution in [2.45, 2.75) is 32.1 Å². The van der Waals surface area contributed by atoms with E-state index >= 15 is 0 Å². The number of aryl methyl sites for hydroxylation is 1. The first kappa shape index (κ1) is 21.5. The van der Waals surface area contributed by atoms with Crippen molar-refractivity contribution in [2.75, 3.05) is 20.0 Å². The number of nitrogens with zero attached hydrogens (tertiary/aromatic N) is 2. The second kappa shape index (κ2) is 10.5. The van der Waals surface area contributed by atoms with Gasteiger partial charge in [0.25, 0.3) is 0 Å². The second-order valence-electron chi connectivity index (χ2n) is 6.42. The predicted molar refractivity (Wildman–Crippen MR) is 121 cm³/mol. The van der Waals surface area contributed by atoms with Crippen molar-refractivity contribution in [2.24, 2.45) is 4.99 Å². The van der Waals surface area contributed by atoms with E-state index in [0.29, 0.717) is 17.8 Å². The number of ether oxygens (including phenoxy) is 2. The number of fused-ring (bicyclic) bond motifs is 1. The lowest BCUT2D eigenvalue weighted by molar-refractivity contribution is -0.118. The van der Waals surface area contributed by atoms with Crippen molar-refractivity contribution >= 4 is 39.2 Å². The van der Waals surface area contributed by atoms with E-state index in [9.17, 15) is 4.79 Å². The van der Waals surface area contributed by atoms with E-state index in [4.69, 9.17) is 9.47 Å². The van der Waals surface area contributed by atoms with Crippen LogP contribution in [0.5, 0.6) is 11.5 Å². The molecule has 0 aliphatic rings. The first-order valence-corrected chi connectivity index (χ1v) is 11.6. The van der Waals surface area contributed by atoms with Crippen LogP contribution < -0.4 is 14.3 Å². The van der Waals surface area contributed by atoms with E-state index in [1.165, 1.54) is 16.9 Å². The van der Waals surface area contributed by atoms with Gasteiger partial charge in [-0.05, 0) is 36.8 Å². The number of hydrogen-bond acceptors (Lipinski definition) is 5. The molecular formula is C22H26N2O3S2. The van der Waals surface area contributed by atoms with Crippen molar-refractivity contribution in [3.8, 4) is 11.5 Å². The summed E-state index contributed by atoms with van der Waals surface area (Å²) in [6.45, 7) is 2.73. The maximum absolute atomic E-state index is 12.5. The number of thiazole rings is 1. The quantitative estimate of drug-likeness (QED) is 0.454. The Bertz CT molecular complexity index is 1030. The van der Waals surface area contributed by atoms with Crippen LogP contribution in [0.3, 0.4) is 0 Å².